The van der Waals surface area contributed by atoms with E-state index in [1.54, 1.807) is 31.2 Å². The molecule has 1 saturated heterocycles. The van der Waals surface area contributed by atoms with Gasteiger partial charge in [-0.05, 0) is 74.8 Å². The quantitative estimate of drug-likeness (QED) is 0.163. The minimum atomic E-state index is -4.29. The fourth-order valence-electron chi connectivity index (χ4n) is 6.98. The first kappa shape index (κ1) is 37.4. The molecular formula is C31H39ClN6O10S2. The molecule has 5 rings (SSSR count). The first-order valence-electron chi connectivity index (χ1n) is 16.0. The minimum absolute atomic E-state index is 0.00502. The van der Waals surface area contributed by atoms with Crippen molar-refractivity contribution in [2.75, 3.05) is 10.6 Å². The van der Waals surface area contributed by atoms with Crippen LogP contribution in [0.3, 0.4) is 0 Å². The third kappa shape index (κ3) is 8.38. The molecule has 272 valence electrons. The van der Waals surface area contributed by atoms with E-state index in [4.69, 9.17) is 16.7 Å². The molecule has 0 bridgehead atoms. The summed E-state index contributed by atoms with van der Waals surface area (Å²) >= 11 is 6.00. The van der Waals surface area contributed by atoms with Crippen molar-refractivity contribution in [1.29, 1.82) is 0 Å². The fraction of sp³-hybridized carbons (Fsp3) is 0.484. The minimum Gasteiger partial charge on any atom is -0.480 e. The van der Waals surface area contributed by atoms with Crippen LogP contribution in [-0.2, 0) is 45.6 Å². The van der Waals surface area contributed by atoms with E-state index in [2.05, 4.69) is 20.7 Å². The van der Waals surface area contributed by atoms with Crippen LogP contribution in [0.5, 0.6) is 0 Å². The second-order valence-electron chi connectivity index (χ2n) is 12.9. The van der Waals surface area contributed by atoms with Gasteiger partial charge in [-0.25, -0.2) is 26.8 Å². The molecule has 50 heavy (non-hydrogen) atoms. The maximum atomic E-state index is 13.4. The van der Waals surface area contributed by atoms with Crippen LogP contribution >= 0.6 is 11.6 Å². The zero-order valence-electron chi connectivity index (χ0n) is 27.0. The molecule has 2 aromatic carbocycles. The smallest absolute Gasteiger partial charge is 0.326 e. The van der Waals surface area contributed by atoms with Crippen LogP contribution < -0.4 is 25.8 Å². The monoisotopic (exact) mass is 754 g/mol. The summed E-state index contributed by atoms with van der Waals surface area (Å²) in [6.45, 7) is 1.55. The number of rotatable bonds is 12. The average molecular weight is 755 g/mol. The predicted molar refractivity (Wildman–Crippen MR) is 181 cm³/mol. The number of sulfonamides is 2. The van der Waals surface area contributed by atoms with Gasteiger partial charge < -0.3 is 25.7 Å². The second-order valence-corrected chi connectivity index (χ2v) is 16.5. The number of nitrogens with zero attached hydrogens (tertiary/aromatic N) is 1. The number of benzene rings is 2. The topological polar surface area (TPSA) is 254 Å². The molecule has 2 heterocycles. The highest BCUT2D eigenvalue weighted by Crippen LogP contribution is 2.40. The number of halogens is 1. The van der Waals surface area contributed by atoms with Crippen molar-refractivity contribution in [1.82, 2.24) is 14.9 Å². The second kappa shape index (κ2) is 14.8. The third-order valence-corrected chi connectivity index (χ3v) is 12.2. The normalized spacial score (nSPS) is 23.9. The van der Waals surface area contributed by atoms with E-state index in [1.807, 2.05) is 0 Å². The van der Waals surface area contributed by atoms with Crippen molar-refractivity contribution in [2.45, 2.75) is 98.4 Å². The highest BCUT2D eigenvalue weighted by Gasteiger charge is 2.48. The summed E-state index contributed by atoms with van der Waals surface area (Å²) in [7, 11) is -8.52. The number of carbonyl (C=O) groups excluding carboxylic acids is 2. The van der Waals surface area contributed by atoms with Crippen LogP contribution in [0.4, 0.5) is 11.4 Å². The van der Waals surface area contributed by atoms with Crippen molar-refractivity contribution in [3.63, 3.8) is 0 Å². The highest BCUT2D eigenvalue weighted by molar-refractivity contribution is 7.90. The van der Waals surface area contributed by atoms with Crippen LogP contribution in [0.1, 0.15) is 57.4 Å². The SMILES string of the molecule is CC(N[C@@H](CCc1ccc(NC(=O)C[C@H]2Nc3cc(Cl)c(S(N)(=O)=O)cc3S(=O)(=O)N2)cc1)C(=O)O)C(=O)N1[C@@H]2CCCC[C@@H]2C[C@H]1C(=O)O. The van der Waals surface area contributed by atoms with E-state index in [0.29, 0.717) is 18.5 Å². The number of fused-ring (bicyclic) bond motifs is 2. The zero-order valence-corrected chi connectivity index (χ0v) is 29.4. The lowest BCUT2D eigenvalue weighted by Crippen LogP contribution is -2.55. The summed E-state index contributed by atoms with van der Waals surface area (Å²) in [5.41, 5.74) is 1.14. The molecule has 6 atom stereocenters. The van der Waals surface area contributed by atoms with Crippen LogP contribution in [0.2, 0.25) is 5.02 Å². The summed E-state index contributed by atoms with van der Waals surface area (Å²) in [6.07, 6.45) is 2.95. The van der Waals surface area contributed by atoms with Gasteiger partial charge in [0, 0.05) is 11.7 Å². The maximum absolute atomic E-state index is 13.4. The van der Waals surface area contributed by atoms with Gasteiger partial charge in [0.25, 0.3) is 0 Å². The van der Waals surface area contributed by atoms with E-state index in [1.165, 1.54) is 4.90 Å². The molecule has 0 aromatic heterocycles. The number of nitrogens with one attached hydrogen (secondary N) is 4. The number of carboxylic acids is 2. The van der Waals surface area contributed by atoms with Gasteiger partial charge >= 0.3 is 11.9 Å². The van der Waals surface area contributed by atoms with Crippen LogP contribution in [0.25, 0.3) is 0 Å². The lowest BCUT2D eigenvalue weighted by Gasteiger charge is -2.35. The van der Waals surface area contributed by atoms with E-state index in [-0.39, 0.29) is 35.5 Å². The van der Waals surface area contributed by atoms with Gasteiger partial charge in [0.05, 0.1) is 29.3 Å². The molecule has 19 heteroatoms. The summed E-state index contributed by atoms with van der Waals surface area (Å²) in [5.74, 6) is -3.04. The molecule has 2 aliphatic heterocycles. The van der Waals surface area contributed by atoms with E-state index < -0.39 is 77.9 Å². The Kier molecular flexibility index (Phi) is 11.1. The van der Waals surface area contributed by atoms with Gasteiger partial charge in [-0.3, -0.25) is 19.7 Å². The molecular weight excluding hydrogens is 716 g/mol. The predicted octanol–water partition coefficient (Wildman–Crippen LogP) is 1.65. The average Bonchev–Trinajstić information content (AvgIpc) is 3.42. The Morgan fingerprint density at radius 3 is 2.42 bits per heavy atom. The Morgan fingerprint density at radius 1 is 1.10 bits per heavy atom. The molecule has 2 aromatic rings. The largest absolute Gasteiger partial charge is 0.480 e. The lowest BCUT2D eigenvalue weighted by molar-refractivity contribution is -0.151. The number of anilines is 2. The van der Waals surface area contributed by atoms with Crippen molar-refractivity contribution < 1.29 is 46.2 Å². The number of carboxylic acid groups (broad SMARTS) is 2. The third-order valence-electron chi connectivity index (χ3n) is 9.35. The van der Waals surface area contributed by atoms with E-state index >= 15 is 0 Å². The van der Waals surface area contributed by atoms with Gasteiger partial charge in [0.15, 0.2) is 0 Å². The number of primary sulfonamides is 1. The number of aliphatic carboxylic acids is 2. The first-order chi connectivity index (χ1) is 23.4. The van der Waals surface area contributed by atoms with Crippen molar-refractivity contribution in [3.05, 3.63) is 47.0 Å². The van der Waals surface area contributed by atoms with E-state index in [9.17, 15) is 46.2 Å². The Bertz CT molecular complexity index is 1890. The lowest BCUT2D eigenvalue weighted by atomic mass is 9.84. The number of aryl methyl sites for hydroxylation is 1. The standard InChI is InChI=1S/C31H39ClN6O10S2/c1-16(29(40)38-23-5-3-2-4-18(23)12-24(38)31(43)44)34-21(30(41)42)11-8-17-6-9-19(10-7-17)35-28(39)15-27-36-22-13-20(32)25(49(33,45)46)14-26(22)50(47,48)37-27/h6-7,9-10,13-14,16,18,21,23-24,27,34,36-37H,2-5,8,11-12,15H2,1H3,(H,35,39)(H,41,42)(H,43,44)(H2,33,45,46)/t16?,18-,21+,23-,24+,27+/m1/s1. The molecule has 1 saturated carbocycles. The van der Waals surface area contributed by atoms with Crippen molar-refractivity contribution in [2.24, 2.45) is 11.1 Å². The van der Waals surface area contributed by atoms with Crippen LogP contribution in [0.15, 0.2) is 46.2 Å². The fourth-order valence-corrected chi connectivity index (χ4v) is 9.48. The molecule has 1 aliphatic carbocycles. The molecule has 1 unspecified atom stereocenters. The van der Waals surface area contributed by atoms with Crippen LogP contribution in [-0.4, -0.2) is 86.0 Å². The number of likely N-dealkylation sites (tertiary alicyclic amines) is 1. The van der Waals surface area contributed by atoms with Gasteiger partial charge in [0.1, 0.15) is 21.9 Å². The van der Waals surface area contributed by atoms with Gasteiger partial charge in [-0.2, -0.15) is 4.72 Å². The molecule has 3 aliphatic rings. The molecule has 2 fully saturated rings. The first-order valence-corrected chi connectivity index (χ1v) is 19.4. The molecule has 16 nitrogen and oxygen atoms in total. The van der Waals surface area contributed by atoms with Crippen molar-refractivity contribution >= 4 is 66.8 Å². The number of hydrogen-bond acceptors (Lipinski definition) is 10. The van der Waals surface area contributed by atoms with Gasteiger partial charge in [-0.15, -0.1) is 0 Å². The number of hydrogen-bond donors (Lipinski definition) is 7. The Hall–Kier alpha value is -3.81. The number of nitrogens with two attached hydrogens (primary N) is 1. The van der Waals surface area contributed by atoms with Crippen LogP contribution in [0, 0.1) is 5.92 Å². The summed E-state index contributed by atoms with van der Waals surface area (Å²) in [4.78, 5) is 50.8. The Labute approximate surface area is 294 Å². The number of amides is 2. The highest BCUT2D eigenvalue weighted by atomic mass is 35.5. The summed E-state index contributed by atoms with van der Waals surface area (Å²) < 4.78 is 51.4. The summed E-state index contributed by atoms with van der Waals surface area (Å²) in [6, 6.07) is 5.46. The zero-order chi connectivity index (χ0) is 36.5. The van der Waals surface area contributed by atoms with Crippen molar-refractivity contribution in [3.8, 4) is 0 Å². The molecule has 0 spiro atoms. The maximum Gasteiger partial charge on any atom is 0.326 e. The Morgan fingerprint density at radius 2 is 1.78 bits per heavy atom. The van der Waals surface area contributed by atoms with Gasteiger partial charge in [-0.1, -0.05) is 36.6 Å². The molecule has 0 radical (unpaired) electrons. The molecule has 8 N–H and O–H groups in total. The number of carbonyl (C=O) groups is 4. The Balaban J connectivity index is 1.15. The molecule has 2 amide bonds. The van der Waals surface area contributed by atoms with E-state index in [0.717, 1.165) is 43.4 Å². The summed E-state index contributed by atoms with van der Waals surface area (Å²) in [5, 5.41) is 32.9. The van der Waals surface area contributed by atoms with Gasteiger partial charge in [0.2, 0.25) is 31.9 Å².